The Bertz CT molecular complexity index is 779. The molecular formula is C20H26FN3O3. The maximum Gasteiger partial charge on any atom is 0.325 e. The fraction of sp³-hybridized carbons (Fsp3) is 0.550. The Morgan fingerprint density at radius 2 is 2.00 bits per heavy atom. The highest BCUT2D eigenvalue weighted by molar-refractivity contribution is 6.09. The summed E-state index contributed by atoms with van der Waals surface area (Å²) in [6, 6.07) is 5.60. The topological polar surface area (TPSA) is 78.5 Å². The lowest BCUT2D eigenvalue weighted by atomic mass is 9.64. The maximum absolute atomic E-state index is 13.6. The standard InChI is InChI=1S/C20H26FN3O3/c1-13-8-19(2,3)12-20(9-13)17(26)24(18(27)23-20)11-16(25)22-10-14-6-4-5-7-15(14)21/h4-7,13H,8-12H2,1-3H3,(H,22,25)(H,23,27)/t13-,20+/m1/s1. The number of carbonyl (C=O) groups excluding carboxylic acids is 3. The summed E-state index contributed by atoms with van der Waals surface area (Å²) in [4.78, 5) is 38.6. The van der Waals surface area contributed by atoms with Crippen LogP contribution >= 0.6 is 0 Å². The Kier molecular flexibility index (Phi) is 4.97. The van der Waals surface area contributed by atoms with Crippen molar-refractivity contribution in [2.24, 2.45) is 11.3 Å². The number of halogens is 1. The molecule has 146 valence electrons. The molecule has 1 aliphatic carbocycles. The highest BCUT2D eigenvalue weighted by atomic mass is 19.1. The highest BCUT2D eigenvalue weighted by Crippen LogP contribution is 2.46. The lowest BCUT2D eigenvalue weighted by molar-refractivity contribution is -0.137. The number of carbonyl (C=O) groups is 3. The number of nitrogens with one attached hydrogen (secondary N) is 2. The number of nitrogens with zero attached hydrogens (tertiary/aromatic N) is 1. The van der Waals surface area contributed by atoms with Crippen LogP contribution in [0.1, 0.15) is 45.6 Å². The van der Waals surface area contributed by atoms with Crippen molar-refractivity contribution in [1.82, 2.24) is 15.5 Å². The van der Waals surface area contributed by atoms with Crippen LogP contribution in [0.2, 0.25) is 0 Å². The van der Waals surface area contributed by atoms with Crippen LogP contribution in [0.25, 0.3) is 0 Å². The predicted octanol–water partition coefficient (Wildman–Crippen LogP) is 2.58. The van der Waals surface area contributed by atoms with E-state index in [9.17, 15) is 18.8 Å². The van der Waals surface area contributed by atoms with Gasteiger partial charge in [0.25, 0.3) is 5.91 Å². The Hall–Kier alpha value is -2.44. The molecule has 0 unspecified atom stereocenters. The Balaban J connectivity index is 1.65. The molecule has 3 rings (SSSR count). The fourth-order valence-electron chi connectivity index (χ4n) is 4.68. The first-order valence-electron chi connectivity index (χ1n) is 9.26. The number of imide groups is 1. The van der Waals surface area contributed by atoms with Crippen molar-refractivity contribution >= 4 is 17.8 Å². The van der Waals surface area contributed by atoms with Crippen LogP contribution in [-0.4, -0.2) is 34.8 Å². The molecule has 4 amide bonds. The third-order valence-corrected chi connectivity index (χ3v) is 5.36. The summed E-state index contributed by atoms with van der Waals surface area (Å²) in [5.41, 5.74) is -0.643. The van der Waals surface area contributed by atoms with Crippen molar-refractivity contribution in [1.29, 1.82) is 0 Å². The average Bonchev–Trinajstić information content (AvgIpc) is 2.75. The van der Waals surface area contributed by atoms with Gasteiger partial charge in [0, 0.05) is 12.1 Å². The number of hydrogen-bond donors (Lipinski definition) is 2. The molecule has 1 aromatic carbocycles. The van der Waals surface area contributed by atoms with E-state index in [1.165, 1.54) is 6.07 Å². The van der Waals surface area contributed by atoms with Gasteiger partial charge in [-0.25, -0.2) is 9.18 Å². The van der Waals surface area contributed by atoms with Gasteiger partial charge in [-0.2, -0.15) is 0 Å². The van der Waals surface area contributed by atoms with Gasteiger partial charge in [-0.1, -0.05) is 39.0 Å². The van der Waals surface area contributed by atoms with Gasteiger partial charge in [-0.05, 0) is 36.7 Å². The van der Waals surface area contributed by atoms with Crippen molar-refractivity contribution in [2.75, 3.05) is 6.54 Å². The lowest BCUT2D eigenvalue weighted by Gasteiger charge is -2.43. The first kappa shape index (κ1) is 19.3. The molecule has 1 spiro atoms. The lowest BCUT2D eigenvalue weighted by Crippen LogP contribution is -2.54. The second-order valence-electron chi connectivity index (χ2n) is 8.63. The number of urea groups is 1. The van der Waals surface area contributed by atoms with Crippen LogP contribution in [-0.2, 0) is 16.1 Å². The fourth-order valence-corrected chi connectivity index (χ4v) is 4.68. The molecule has 6 nitrogen and oxygen atoms in total. The monoisotopic (exact) mass is 375 g/mol. The minimum Gasteiger partial charge on any atom is -0.350 e. The molecule has 7 heteroatoms. The average molecular weight is 375 g/mol. The van der Waals surface area contributed by atoms with Crippen LogP contribution in [0.3, 0.4) is 0 Å². The summed E-state index contributed by atoms with van der Waals surface area (Å²) < 4.78 is 13.6. The molecule has 2 N–H and O–H groups in total. The van der Waals surface area contributed by atoms with E-state index in [4.69, 9.17) is 0 Å². The van der Waals surface area contributed by atoms with Crippen LogP contribution in [0.15, 0.2) is 24.3 Å². The molecule has 1 aromatic rings. The summed E-state index contributed by atoms with van der Waals surface area (Å²) in [6.45, 7) is 5.90. The molecule has 2 fully saturated rings. The van der Waals surface area contributed by atoms with E-state index in [1.807, 2.05) is 0 Å². The quantitative estimate of drug-likeness (QED) is 0.794. The van der Waals surface area contributed by atoms with Crippen molar-refractivity contribution in [3.63, 3.8) is 0 Å². The third-order valence-electron chi connectivity index (χ3n) is 5.36. The van der Waals surface area contributed by atoms with E-state index in [0.717, 1.165) is 11.3 Å². The molecule has 1 aliphatic heterocycles. The molecule has 27 heavy (non-hydrogen) atoms. The first-order chi connectivity index (χ1) is 12.6. The SMILES string of the molecule is C[C@@H]1CC(C)(C)C[C@]2(C1)NC(=O)N(CC(=O)NCc1ccccc1F)C2=O. The zero-order valence-corrected chi connectivity index (χ0v) is 16.0. The largest absolute Gasteiger partial charge is 0.350 e. The Morgan fingerprint density at radius 3 is 2.67 bits per heavy atom. The normalized spacial score (nSPS) is 27.0. The summed E-state index contributed by atoms with van der Waals surface area (Å²) in [7, 11) is 0. The van der Waals surface area contributed by atoms with Gasteiger partial charge >= 0.3 is 6.03 Å². The van der Waals surface area contributed by atoms with Gasteiger partial charge in [0.2, 0.25) is 5.91 Å². The molecule has 0 radical (unpaired) electrons. The van der Waals surface area contributed by atoms with Gasteiger partial charge < -0.3 is 10.6 Å². The van der Waals surface area contributed by atoms with Gasteiger partial charge in [-0.15, -0.1) is 0 Å². The number of hydrogen-bond acceptors (Lipinski definition) is 3. The van der Waals surface area contributed by atoms with Crippen molar-refractivity contribution in [2.45, 2.75) is 52.1 Å². The van der Waals surface area contributed by atoms with Crippen LogP contribution in [0.4, 0.5) is 9.18 Å². The molecular weight excluding hydrogens is 349 g/mol. The van der Waals surface area contributed by atoms with Gasteiger partial charge in [0.1, 0.15) is 17.9 Å². The Labute approximate surface area is 158 Å². The summed E-state index contributed by atoms with van der Waals surface area (Å²) in [6.07, 6.45) is 2.12. The van der Waals surface area contributed by atoms with Gasteiger partial charge in [-0.3, -0.25) is 14.5 Å². The number of rotatable bonds is 4. The smallest absolute Gasteiger partial charge is 0.325 e. The van der Waals surface area contributed by atoms with Crippen LogP contribution in [0.5, 0.6) is 0 Å². The van der Waals surface area contributed by atoms with E-state index in [2.05, 4.69) is 31.4 Å². The first-order valence-corrected chi connectivity index (χ1v) is 9.26. The maximum atomic E-state index is 13.6. The highest BCUT2D eigenvalue weighted by Gasteiger charge is 2.56. The number of amides is 4. The summed E-state index contributed by atoms with van der Waals surface area (Å²) in [5.74, 6) is -0.951. The molecule has 1 saturated heterocycles. The molecule has 0 bridgehead atoms. The minimum atomic E-state index is -0.927. The van der Waals surface area contributed by atoms with E-state index >= 15 is 0 Å². The molecule has 0 aromatic heterocycles. The van der Waals surface area contributed by atoms with Gasteiger partial charge in [0.05, 0.1) is 0 Å². The van der Waals surface area contributed by atoms with E-state index in [0.29, 0.717) is 24.3 Å². The van der Waals surface area contributed by atoms with E-state index in [1.54, 1.807) is 18.2 Å². The second kappa shape index (κ2) is 6.94. The zero-order chi connectivity index (χ0) is 19.8. The van der Waals surface area contributed by atoms with Crippen molar-refractivity contribution in [3.05, 3.63) is 35.6 Å². The molecule has 2 aliphatic rings. The van der Waals surface area contributed by atoms with E-state index < -0.39 is 23.3 Å². The summed E-state index contributed by atoms with van der Waals surface area (Å²) >= 11 is 0. The van der Waals surface area contributed by atoms with Crippen LogP contribution in [0, 0.1) is 17.2 Å². The number of benzene rings is 1. The zero-order valence-electron chi connectivity index (χ0n) is 16.0. The second-order valence-corrected chi connectivity index (χ2v) is 8.63. The molecule has 1 saturated carbocycles. The summed E-state index contributed by atoms with van der Waals surface area (Å²) in [5, 5.41) is 5.41. The molecule has 2 atom stereocenters. The molecule has 1 heterocycles. The third kappa shape index (κ3) is 3.96. The van der Waals surface area contributed by atoms with Crippen molar-refractivity contribution < 1.29 is 18.8 Å². The predicted molar refractivity (Wildman–Crippen MR) is 98.0 cm³/mol. The Morgan fingerprint density at radius 1 is 1.30 bits per heavy atom. The van der Waals surface area contributed by atoms with E-state index in [-0.39, 0.29) is 24.4 Å². The van der Waals surface area contributed by atoms with Crippen LogP contribution < -0.4 is 10.6 Å². The van der Waals surface area contributed by atoms with Crippen molar-refractivity contribution in [3.8, 4) is 0 Å². The van der Waals surface area contributed by atoms with Gasteiger partial charge in [0.15, 0.2) is 0 Å². The minimum absolute atomic E-state index is 0.00433.